The molecule has 0 unspecified atom stereocenters. The Labute approximate surface area is 167 Å². The predicted octanol–water partition coefficient (Wildman–Crippen LogP) is 5.52. The molecule has 0 spiro atoms. The van der Waals surface area contributed by atoms with Crippen molar-refractivity contribution in [2.75, 3.05) is 19.6 Å². The number of methoxy groups -OCH3 is 1. The average Bonchev–Trinajstić information content (AvgIpc) is 3.12. The monoisotopic (exact) mass is 393 g/mol. The van der Waals surface area contributed by atoms with Crippen molar-refractivity contribution < 1.29 is 4.74 Å². The second-order valence-electron chi connectivity index (χ2n) is 5.90. The minimum atomic E-state index is 0.837. The van der Waals surface area contributed by atoms with E-state index in [0.717, 1.165) is 43.8 Å². The zero-order valence-electron chi connectivity index (χ0n) is 15.3. The van der Waals surface area contributed by atoms with Gasteiger partial charge in [0.05, 0.1) is 18.4 Å². The minimum absolute atomic E-state index is 0.837. The topological polar surface area (TPSA) is 39.4 Å². The highest BCUT2D eigenvalue weighted by Crippen LogP contribution is 2.36. The minimum Gasteiger partial charge on any atom is -0.497 e. The average molecular weight is 394 g/mol. The third kappa shape index (κ3) is 3.31. The molecule has 0 saturated carbocycles. The van der Waals surface area contributed by atoms with Crippen LogP contribution in [0.2, 0.25) is 0 Å². The van der Waals surface area contributed by atoms with Crippen molar-refractivity contribution in [1.82, 2.24) is 14.6 Å². The van der Waals surface area contributed by atoms with Crippen LogP contribution in [-0.2, 0) is 0 Å². The molecule has 0 N–H and O–H groups in total. The summed E-state index contributed by atoms with van der Waals surface area (Å²) in [6, 6.07) is 20.5. The molecule has 4 aromatic rings. The maximum absolute atomic E-state index is 5.29. The third-order valence-electron chi connectivity index (χ3n) is 4.38. The Balaban J connectivity index is 2.01. The van der Waals surface area contributed by atoms with E-state index in [1.165, 1.54) is 0 Å². The standard InChI is InChI=1S/C21H19N3OS2/c1-25-16-11-9-14(10-12-16)17-13-18(26-2)22-20-19(15-7-5-4-6-8-15)21(27-3)23-24(17)20/h4-13H,1-3H3. The third-order valence-corrected chi connectivity index (χ3v) is 5.68. The van der Waals surface area contributed by atoms with Crippen LogP contribution >= 0.6 is 23.5 Å². The lowest BCUT2D eigenvalue weighted by molar-refractivity contribution is 0.415. The van der Waals surface area contributed by atoms with Crippen LogP contribution in [0.4, 0.5) is 0 Å². The van der Waals surface area contributed by atoms with Gasteiger partial charge in [-0.05, 0) is 48.4 Å². The van der Waals surface area contributed by atoms with Gasteiger partial charge in [0.1, 0.15) is 15.8 Å². The number of aromatic nitrogens is 3. The van der Waals surface area contributed by atoms with E-state index in [1.54, 1.807) is 30.6 Å². The summed E-state index contributed by atoms with van der Waals surface area (Å²) < 4.78 is 7.25. The molecule has 2 aromatic heterocycles. The maximum Gasteiger partial charge on any atom is 0.165 e. The van der Waals surface area contributed by atoms with Gasteiger partial charge in [0.25, 0.3) is 0 Å². The Morgan fingerprint density at radius 2 is 1.63 bits per heavy atom. The molecule has 27 heavy (non-hydrogen) atoms. The van der Waals surface area contributed by atoms with Crippen LogP contribution in [0.3, 0.4) is 0 Å². The fourth-order valence-corrected chi connectivity index (χ4v) is 4.03. The van der Waals surface area contributed by atoms with E-state index in [1.807, 2.05) is 41.1 Å². The van der Waals surface area contributed by atoms with Crippen molar-refractivity contribution in [3.63, 3.8) is 0 Å². The van der Waals surface area contributed by atoms with Gasteiger partial charge in [-0.2, -0.15) is 5.10 Å². The molecule has 0 aliphatic heterocycles. The van der Waals surface area contributed by atoms with E-state index in [-0.39, 0.29) is 0 Å². The first-order valence-corrected chi connectivity index (χ1v) is 10.9. The van der Waals surface area contributed by atoms with Crippen molar-refractivity contribution in [3.05, 3.63) is 60.7 Å². The fraction of sp³-hybridized carbons (Fsp3) is 0.143. The maximum atomic E-state index is 5.29. The van der Waals surface area contributed by atoms with Crippen LogP contribution in [0.5, 0.6) is 5.75 Å². The van der Waals surface area contributed by atoms with E-state index in [9.17, 15) is 0 Å². The molecule has 0 aliphatic carbocycles. The number of hydrogen-bond donors (Lipinski definition) is 0. The van der Waals surface area contributed by atoms with Gasteiger partial charge < -0.3 is 4.74 Å². The highest BCUT2D eigenvalue weighted by atomic mass is 32.2. The number of benzene rings is 2. The first kappa shape index (κ1) is 17.9. The van der Waals surface area contributed by atoms with Crippen LogP contribution in [0.25, 0.3) is 28.0 Å². The van der Waals surface area contributed by atoms with Crippen molar-refractivity contribution in [2.24, 2.45) is 0 Å². The highest BCUT2D eigenvalue weighted by molar-refractivity contribution is 7.98. The Morgan fingerprint density at radius 3 is 2.26 bits per heavy atom. The summed E-state index contributed by atoms with van der Waals surface area (Å²) in [5, 5.41) is 6.82. The van der Waals surface area contributed by atoms with E-state index in [0.29, 0.717) is 0 Å². The molecule has 2 aromatic carbocycles. The van der Waals surface area contributed by atoms with Crippen molar-refractivity contribution in [1.29, 1.82) is 0 Å². The van der Waals surface area contributed by atoms with Gasteiger partial charge in [0.15, 0.2) is 5.65 Å². The van der Waals surface area contributed by atoms with E-state index >= 15 is 0 Å². The summed E-state index contributed by atoms with van der Waals surface area (Å²) in [5.74, 6) is 0.837. The molecule has 4 rings (SSSR count). The second-order valence-corrected chi connectivity index (χ2v) is 7.52. The first-order valence-electron chi connectivity index (χ1n) is 8.46. The summed E-state index contributed by atoms with van der Waals surface area (Å²) in [6.07, 6.45) is 4.10. The molecule has 2 heterocycles. The molecule has 0 atom stereocenters. The Hall–Kier alpha value is -2.44. The van der Waals surface area contributed by atoms with Crippen LogP contribution in [0.15, 0.2) is 70.7 Å². The van der Waals surface area contributed by atoms with Crippen molar-refractivity contribution in [2.45, 2.75) is 10.1 Å². The zero-order valence-corrected chi connectivity index (χ0v) is 17.0. The van der Waals surface area contributed by atoms with Gasteiger partial charge in [0, 0.05) is 5.56 Å². The Kier molecular flexibility index (Phi) is 5.09. The van der Waals surface area contributed by atoms with Crippen LogP contribution in [0.1, 0.15) is 0 Å². The molecular weight excluding hydrogens is 374 g/mol. The molecule has 4 nitrogen and oxygen atoms in total. The van der Waals surface area contributed by atoms with E-state index in [2.05, 4.69) is 36.6 Å². The number of fused-ring (bicyclic) bond motifs is 1. The lowest BCUT2D eigenvalue weighted by Crippen LogP contribution is -1.98. The second kappa shape index (κ2) is 7.66. The quantitative estimate of drug-likeness (QED) is 0.330. The molecule has 0 fully saturated rings. The van der Waals surface area contributed by atoms with Gasteiger partial charge in [0.2, 0.25) is 0 Å². The SMILES string of the molecule is COc1ccc(-c2cc(SC)nc3c(-c4ccccc4)c(SC)nn23)cc1. The molecule has 0 bridgehead atoms. The molecule has 0 radical (unpaired) electrons. The summed E-state index contributed by atoms with van der Waals surface area (Å²) in [6.45, 7) is 0. The van der Waals surface area contributed by atoms with Gasteiger partial charge in [-0.1, -0.05) is 30.3 Å². The van der Waals surface area contributed by atoms with Crippen LogP contribution < -0.4 is 4.74 Å². The molecule has 136 valence electrons. The van der Waals surface area contributed by atoms with Crippen molar-refractivity contribution >= 4 is 29.2 Å². The molecule has 0 saturated heterocycles. The summed E-state index contributed by atoms with van der Waals surface area (Å²) in [7, 11) is 1.68. The number of nitrogens with zero attached hydrogens (tertiary/aromatic N) is 3. The number of thioether (sulfide) groups is 2. The molecule has 0 aliphatic rings. The first-order chi connectivity index (χ1) is 13.2. The Morgan fingerprint density at radius 1 is 0.889 bits per heavy atom. The lowest BCUT2D eigenvalue weighted by Gasteiger charge is -2.09. The van der Waals surface area contributed by atoms with E-state index in [4.69, 9.17) is 14.8 Å². The summed E-state index contributed by atoms with van der Waals surface area (Å²) in [5.41, 5.74) is 5.18. The largest absolute Gasteiger partial charge is 0.497 e. The lowest BCUT2D eigenvalue weighted by atomic mass is 10.1. The van der Waals surface area contributed by atoms with Gasteiger partial charge >= 0.3 is 0 Å². The normalized spacial score (nSPS) is 11.1. The van der Waals surface area contributed by atoms with Gasteiger partial charge in [-0.3, -0.25) is 0 Å². The zero-order chi connectivity index (χ0) is 18.8. The predicted molar refractivity (Wildman–Crippen MR) is 114 cm³/mol. The molecule has 0 amide bonds. The van der Waals surface area contributed by atoms with Crippen LogP contribution in [-0.4, -0.2) is 34.2 Å². The summed E-state index contributed by atoms with van der Waals surface area (Å²) >= 11 is 3.28. The van der Waals surface area contributed by atoms with Crippen LogP contribution in [0, 0.1) is 0 Å². The molecule has 6 heteroatoms. The summed E-state index contributed by atoms with van der Waals surface area (Å²) in [4.78, 5) is 4.88. The van der Waals surface area contributed by atoms with Crippen molar-refractivity contribution in [3.8, 4) is 28.1 Å². The number of ether oxygens (including phenoxy) is 1. The smallest absolute Gasteiger partial charge is 0.165 e. The number of hydrogen-bond acceptors (Lipinski definition) is 5. The van der Waals surface area contributed by atoms with E-state index < -0.39 is 0 Å². The highest BCUT2D eigenvalue weighted by Gasteiger charge is 2.19. The van der Waals surface area contributed by atoms with Gasteiger partial charge in [-0.15, -0.1) is 23.5 Å². The molecular formula is C21H19N3OS2. The fourth-order valence-electron chi connectivity index (χ4n) is 3.05. The Bertz CT molecular complexity index is 1080. The van der Waals surface area contributed by atoms with Gasteiger partial charge in [-0.25, -0.2) is 9.50 Å². The number of rotatable bonds is 5.